The lowest BCUT2D eigenvalue weighted by atomic mass is 9.88. The van der Waals surface area contributed by atoms with E-state index in [-0.39, 0.29) is 34.2 Å². The number of halogens is 2. The average molecular weight is 535 g/mol. The van der Waals surface area contributed by atoms with Crippen LogP contribution in [0, 0.1) is 19.7 Å². The van der Waals surface area contributed by atoms with Crippen molar-refractivity contribution in [1.82, 2.24) is 19.2 Å². The van der Waals surface area contributed by atoms with Crippen LogP contribution in [0.15, 0.2) is 52.2 Å². The predicted octanol–water partition coefficient (Wildman–Crippen LogP) is 5.69. The van der Waals surface area contributed by atoms with Crippen molar-refractivity contribution in [1.29, 1.82) is 0 Å². The molecule has 0 radical (unpaired) electrons. The molecule has 2 fully saturated rings. The lowest BCUT2D eigenvalue weighted by Crippen LogP contribution is -2.29. The molecule has 0 spiro atoms. The zero-order chi connectivity index (χ0) is 26.6. The van der Waals surface area contributed by atoms with Crippen LogP contribution in [0.5, 0.6) is 0 Å². The third-order valence-corrected chi connectivity index (χ3v) is 8.24. The molecular formula is C29H28ClFN4O3. The number of hydrogen-bond acceptors (Lipinski definition) is 5. The molecule has 196 valence electrons. The number of ether oxygens (including phenoxy) is 1. The summed E-state index contributed by atoms with van der Waals surface area (Å²) in [7, 11) is 0. The van der Waals surface area contributed by atoms with Crippen molar-refractivity contribution >= 4 is 17.2 Å². The molecule has 1 aliphatic carbocycles. The molecule has 4 aromatic rings. The Balaban J connectivity index is 1.44. The Hall–Kier alpha value is -3.36. The Morgan fingerprint density at radius 2 is 1.87 bits per heavy atom. The molecule has 3 aromatic heterocycles. The molecule has 1 saturated heterocycles. The highest BCUT2D eigenvalue weighted by Crippen LogP contribution is 2.39. The summed E-state index contributed by atoms with van der Waals surface area (Å²) in [5, 5.41) is 5.02. The maximum atomic E-state index is 15.1. The van der Waals surface area contributed by atoms with E-state index < -0.39 is 5.82 Å². The second-order valence-corrected chi connectivity index (χ2v) is 10.8. The lowest BCUT2D eigenvalue weighted by molar-refractivity contribution is 0.00393. The van der Waals surface area contributed by atoms with Crippen molar-refractivity contribution < 1.29 is 9.13 Å². The summed E-state index contributed by atoms with van der Waals surface area (Å²) >= 11 is 6.02. The average Bonchev–Trinajstić information content (AvgIpc) is 2.87. The van der Waals surface area contributed by atoms with Crippen molar-refractivity contribution in [2.24, 2.45) is 0 Å². The highest BCUT2D eigenvalue weighted by molar-refractivity contribution is 6.30. The van der Waals surface area contributed by atoms with E-state index in [1.54, 1.807) is 32.0 Å². The van der Waals surface area contributed by atoms with E-state index in [0.29, 0.717) is 53.2 Å². The minimum absolute atomic E-state index is 0.00850. The van der Waals surface area contributed by atoms with Gasteiger partial charge in [-0.2, -0.15) is 9.61 Å². The molecule has 2 aliphatic rings. The minimum atomic E-state index is -0.493. The number of benzene rings is 1. The first kappa shape index (κ1) is 24.9. The molecule has 0 bridgehead atoms. The van der Waals surface area contributed by atoms with Crippen molar-refractivity contribution in [3.8, 4) is 11.1 Å². The van der Waals surface area contributed by atoms with E-state index in [1.165, 1.54) is 10.6 Å². The molecule has 38 heavy (non-hydrogen) atoms. The van der Waals surface area contributed by atoms with Gasteiger partial charge in [-0.3, -0.25) is 9.59 Å². The first-order chi connectivity index (χ1) is 18.3. The van der Waals surface area contributed by atoms with Gasteiger partial charge in [0.2, 0.25) is 0 Å². The zero-order valence-electron chi connectivity index (χ0n) is 21.3. The van der Waals surface area contributed by atoms with Gasteiger partial charge in [0.1, 0.15) is 5.82 Å². The molecule has 1 saturated carbocycles. The van der Waals surface area contributed by atoms with Gasteiger partial charge in [0.25, 0.3) is 11.1 Å². The van der Waals surface area contributed by atoms with Crippen molar-refractivity contribution in [2.75, 3.05) is 6.61 Å². The van der Waals surface area contributed by atoms with Gasteiger partial charge in [-0.15, -0.1) is 0 Å². The number of nitrogens with zero attached hydrogens (tertiary/aromatic N) is 4. The topological polar surface area (TPSA) is 78.5 Å². The molecule has 1 aromatic carbocycles. The van der Waals surface area contributed by atoms with Crippen LogP contribution in [-0.2, 0) is 4.74 Å². The number of pyridine rings is 1. The molecular weight excluding hydrogens is 507 g/mol. The molecule has 4 heterocycles. The SMILES string of the molecule is Cc1nc2c(-c3ccc(Cl)cc3F)cc([C@H]3CCO[C@@H](c4ccc(=O)n(C5CCC5)c4)C3)nn2c(=O)c1C. The van der Waals surface area contributed by atoms with Crippen LogP contribution in [0.2, 0.25) is 5.02 Å². The predicted molar refractivity (Wildman–Crippen MR) is 143 cm³/mol. The van der Waals surface area contributed by atoms with E-state index >= 15 is 4.39 Å². The van der Waals surface area contributed by atoms with Crippen molar-refractivity contribution in [2.45, 2.75) is 64.0 Å². The molecule has 7 nitrogen and oxygen atoms in total. The lowest BCUT2D eigenvalue weighted by Gasteiger charge is -2.32. The normalized spacial score (nSPS) is 20.0. The Labute approximate surface area is 223 Å². The summed E-state index contributed by atoms with van der Waals surface area (Å²) in [6.45, 7) is 3.98. The number of rotatable bonds is 4. The molecule has 0 amide bonds. The Bertz CT molecular complexity index is 1680. The fourth-order valence-corrected chi connectivity index (χ4v) is 5.55. The highest BCUT2D eigenvalue weighted by atomic mass is 35.5. The van der Waals surface area contributed by atoms with Gasteiger partial charge < -0.3 is 9.30 Å². The monoisotopic (exact) mass is 534 g/mol. The summed E-state index contributed by atoms with van der Waals surface area (Å²) < 4.78 is 24.4. The second kappa shape index (κ2) is 9.75. The third kappa shape index (κ3) is 4.35. The van der Waals surface area contributed by atoms with Crippen LogP contribution in [-0.4, -0.2) is 25.8 Å². The number of hydrogen-bond donors (Lipinski definition) is 0. The molecule has 0 unspecified atom stereocenters. The van der Waals surface area contributed by atoms with E-state index in [9.17, 15) is 9.59 Å². The number of aromatic nitrogens is 4. The van der Waals surface area contributed by atoms with Gasteiger partial charge in [-0.25, -0.2) is 9.37 Å². The summed E-state index contributed by atoms with van der Waals surface area (Å²) in [6, 6.07) is 10.0. The third-order valence-electron chi connectivity index (χ3n) is 8.00. The summed E-state index contributed by atoms with van der Waals surface area (Å²) in [5.41, 5.74) is 3.54. The van der Waals surface area contributed by atoms with E-state index in [2.05, 4.69) is 4.98 Å². The maximum absolute atomic E-state index is 15.1. The largest absolute Gasteiger partial charge is 0.373 e. The van der Waals surface area contributed by atoms with Crippen LogP contribution in [0.4, 0.5) is 4.39 Å². The summed E-state index contributed by atoms with van der Waals surface area (Å²) in [4.78, 5) is 30.3. The minimum Gasteiger partial charge on any atom is -0.373 e. The molecule has 2 atom stereocenters. The Morgan fingerprint density at radius 3 is 2.61 bits per heavy atom. The molecule has 6 rings (SSSR count). The van der Waals surface area contributed by atoms with E-state index in [1.807, 2.05) is 22.9 Å². The standard InChI is InChI=1S/C29H28ClFN4O3/c1-16-17(2)32-28-23(22-8-7-20(30)13-24(22)31)14-25(33-35(28)29(16)37)18-10-11-38-26(12-18)19-6-9-27(36)34(15-19)21-4-3-5-21/h6-9,13-15,18,21,26H,3-5,10-12H2,1-2H3/t18-,26+/m0/s1. The maximum Gasteiger partial charge on any atom is 0.277 e. The fraction of sp³-hybridized carbons (Fsp3) is 0.379. The first-order valence-corrected chi connectivity index (χ1v) is 13.4. The highest BCUT2D eigenvalue weighted by Gasteiger charge is 2.29. The second-order valence-electron chi connectivity index (χ2n) is 10.3. The van der Waals surface area contributed by atoms with Gasteiger partial charge in [-0.1, -0.05) is 11.6 Å². The van der Waals surface area contributed by atoms with Gasteiger partial charge in [0.05, 0.1) is 11.8 Å². The van der Waals surface area contributed by atoms with Gasteiger partial charge in [0, 0.05) is 58.2 Å². The van der Waals surface area contributed by atoms with Crippen molar-refractivity contribution in [3.05, 3.63) is 96.7 Å². The first-order valence-electron chi connectivity index (χ1n) is 13.0. The van der Waals surface area contributed by atoms with Gasteiger partial charge in [0.15, 0.2) is 5.65 Å². The van der Waals surface area contributed by atoms with Crippen LogP contribution >= 0.6 is 11.6 Å². The van der Waals surface area contributed by atoms with Crippen molar-refractivity contribution in [3.63, 3.8) is 0 Å². The molecule has 0 N–H and O–H groups in total. The van der Waals surface area contributed by atoms with Crippen LogP contribution < -0.4 is 11.1 Å². The molecule has 9 heteroatoms. The van der Waals surface area contributed by atoms with Gasteiger partial charge >= 0.3 is 0 Å². The van der Waals surface area contributed by atoms with Gasteiger partial charge in [-0.05, 0) is 81.8 Å². The Kier molecular flexibility index (Phi) is 6.40. The number of fused-ring (bicyclic) bond motifs is 1. The van der Waals surface area contributed by atoms with E-state index in [4.69, 9.17) is 21.4 Å². The van der Waals surface area contributed by atoms with Crippen LogP contribution in [0.3, 0.4) is 0 Å². The smallest absolute Gasteiger partial charge is 0.277 e. The van der Waals surface area contributed by atoms with Crippen LogP contribution in [0.25, 0.3) is 16.8 Å². The summed E-state index contributed by atoms with van der Waals surface area (Å²) in [6.07, 6.45) is 6.21. The van der Waals surface area contributed by atoms with Crippen LogP contribution in [0.1, 0.15) is 72.7 Å². The fourth-order valence-electron chi connectivity index (χ4n) is 5.39. The summed E-state index contributed by atoms with van der Waals surface area (Å²) in [5.74, 6) is -0.531. The molecule has 1 aliphatic heterocycles. The Morgan fingerprint density at radius 1 is 1.05 bits per heavy atom. The number of aryl methyl sites for hydroxylation is 1. The van der Waals surface area contributed by atoms with E-state index in [0.717, 1.165) is 24.8 Å². The zero-order valence-corrected chi connectivity index (χ0v) is 22.0. The quantitative estimate of drug-likeness (QED) is 0.336.